The first-order chi connectivity index (χ1) is 12.4. The van der Waals surface area contributed by atoms with Crippen LogP contribution in [-0.2, 0) is 19.5 Å². The molecule has 1 saturated heterocycles. The third-order valence-electron chi connectivity index (χ3n) is 3.73. The van der Waals surface area contributed by atoms with E-state index in [4.69, 9.17) is 33.3 Å². The number of nitrogens with zero attached hydrogens (tertiary/aromatic N) is 1. The fourth-order valence-corrected chi connectivity index (χ4v) is 4.53. The van der Waals surface area contributed by atoms with Crippen LogP contribution in [0.1, 0.15) is 13.3 Å². The summed E-state index contributed by atoms with van der Waals surface area (Å²) in [6.45, 7) is 5.35. The average Bonchev–Trinajstić information content (AvgIpc) is 2.64. The van der Waals surface area contributed by atoms with Crippen molar-refractivity contribution in [3.63, 3.8) is 0 Å². The number of anilines is 1. The van der Waals surface area contributed by atoms with Gasteiger partial charge >= 0.3 is 0 Å². The Morgan fingerprint density at radius 2 is 2.12 bits per heavy atom. The zero-order chi connectivity index (χ0) is 19.0. The van der Waals surface area contributed by atoms with Gasteiger partial charge in [-0.1, -0.05) is 11.6 Å². The van der Waals surface area contributed by atoms with Gasteiger partial charge in [0.05, 0.1) is 18.2 Å². The summed E-state index contributed by atoms with van der Waals surface area (Å²) in [5.41, 5.74) is 0.559. The molecule has 0 aromatic heterocycles. The largest absolute Gasteiger partial charge is 0.382 e. The van der Waals surface area contributed by atoms with Crippen LogP contribution in [0.2, 0.25) is 5.02 Å². The summed E-state index contributed by atoms with van der Waals surface area (Å²) in [4.78, 5) is 0.0604. The second kappa shape index (κ2) is 10.4. The highest BCUT2D eigenvalue weighted by Gasteiger charge is 2.28. The Morgan fingerprint density at radius 1 is 1.38 bits per heavy atom. The van der Waals surface area contributed by atoms with Crippen molar-refractivity contribution in [1.82, 2.24) is 9.62 Å². The lowest BCUT2D eigenvalue weighted by atomic mass is 10.3. The Balaban J connectivity index is 2.01. The number of rotatable bonds is 8. The normalized spacial score (nSPS) is 15.6. The lowest BCUT2D eigenvalue weighted by Gasteiger charge is -2.26. The van der Waals surface area contributed by atoms with Gasteiger partial charge in [-0.3, -0.25) is 0 Å². The molecule has 2 rings (SSSR count). The quantitative estimate of drug-likeness (QED) is 0.491. The number of nitrogens with one attached hydrogen (secondary N) is 2. The third kappa shape index (κ3) is 6.04. The molecule has 0 atom stereocenters. The molecule has 1 heterocycles. The van der Waals surface area contributed by atoms with Crippen molar-refractivity contribution in [2.45, 2.75) is 18.2 Å². The Hall–Kier alpha value is -0.970. The van der Waals surface area contributed by atoms with Gasteiger partial charge in [0.15, 0.2) is 5.11 Å². The minimum absolute atomic E-state index is 0.0604. The number of ether oxygens (including phenoxy) is 2. The maximum Gasteiger partial charge on any atom is 0.244 e. The van der Waals surface area contributed by atoms with Gasteiger partial charge in [-0.25, -0.2) is 8.42 Å². The van der Waals surface area contributed by atoms with Crippen LogP contribution >= 0.6 is 23.8 Å². The predicted octanol–water partition coefficient (Wildman–Crippen LogP) is 2.07. The molecule has 1 aliphatic heterocycles. The van der Waals surface area contributed by atoms with Crippen molar-refractivity contribution in [2.75, 3.05) is 51.4 Å². The first kappa shape index (κ1) is 21.3. The molecule has 0 spiro atoms. The van der Waals surface area contributed by atoms with Crippen LogP contribution in [-0.4, -0.2) is 63.9 Å². The second-order valence-corrected chi connectivity index (χ2v) is 8.31. The Labute approximate surface area is 165 Å². The summed E-state index contributed by atoms with van der Waals surface area (Å²) in [6.07, 6.45) is 0.826. The van der Waals surface area contributed by atoms with Crippen LogP contribution in [0.5, 0.6) is 0 Å². The highest BCUT2D eigenvalue weighted by atomic mass is 35.5. The van der Waals surface area contributed by atoms with E-state index in [0.717, 1.165) is 6.42 Å². The Morgan fingerprint density at radius 3 is 2.81 bits per heavy atom. The summed E-state index contributed by atoms with van der Waals surface area (Å²) >= 11 is 11.4. The summed E-state index contributed by atoms with van der Waals surface area (Å²) in [7, 11) is -3.68. The maximum absolute atomic E-state index is 12.8. The van der Waals surface area contributed by atoms with Gasteiger partial charge in [0.2, 0.25) is 10.0 Å². The molecular formula is C16H24ClN3O4S2. The highest BCUT2D eigenvalue weighted by Crippen LogP contribution is 2.28. The Bertz CT molecular complexity index is 709. The number of halogens is 1. The van der Waals surface area contributed by atoms with Gasteiger partial charge in [-0.2, -0.15) is 4.31 Å². The molecule has 0 unspecified atom stereocenters. The van der Waals surface area contributed by atoms with E-state index in [0.29, 0.717) is 56.9 Å². The molecular weight excluding hydrogens is 398 g/mol. The third-order valence-corrected chi connectivity index (χ3v) is 6.36. The van der Waals surface area contributed by atoms with Crippen molar-refractivity contribution in [1.29, 1.82) is 0 Å². The van der Waals surface area contributed by atoms with E-state index in [9.17, 15) is 8.42 Å². The molecule has 7 nitrogen and oxygen atoms in total. The minimum atomic E-state index is -3.68. The van der Waals surface area contributed by atoms with Gasteiger partial charge in [0.25, 0.3) is 0 Å². The van der Waals surface area contributed by atoms with Gasteiger partial charge in [0, 0.05) is 38.5 Å². The smallest absolute Gasteiger partial charge is 0.244 e. The van der Waals surface area contributed by atoms with Gasteiger partial charge < -0.3 is 20.1 Å². The zero-order valence-corrected chi connectivity index (χ0v) is 17.1. The monoisotopic (exact) mass is 421 g/mol. The van der Waals surface area contributed by atoms with E-state index < -0.39 is 10.0 Å². The fraction of sp³-hybridized carbons (Fsp3) is 0.562. The number of benzene rings is 1. The SMILES string of the molecule is CCOCCCNC(=S)Nc1ccc(Cl)c(S(=O)(=O)N2CCOCC2)c1. The number of hydrogen-bond donors (Lipinski definition) is 2. The molecule has 26 heavy (non-hydrogen) atoms. The number of hydrogen-bond acceptors (Lipinski definition) is 5. The van der Waals surface area contributed by atoms with Crippen molar-refractivity contribution in [3.8, 4) is 0 Å². The van der Waals surface area contributed by atoms with Crippen LogP contribution in [0.4, 0.5) is 5.69 Å². The first-order valence-electron chi connectivity index (χ1n) is 8.45. The molecule has 1 fully saturated rings. The van der Waals surface area contributed by atoms with Gasteiger partial charge in [0.1, 0.15) is 4.90 Å². The zero-order valence-electron chi connectivity index (χ0n) is 14.7. The van der Waals surface area contributed by atoms with E-state index in [1.54, 1.807) is 12.1 Å². The van der Waals surface area contributed by atoms with Crippen LogP contribution in [0.25, 0.3) is 0 Å². The van der Waals surface area contributed by atoms with Crippen LogP contribution in [0.3, 0.4) is 0 Å². The predicted molar refractivity (Wildman–Crippen MR) is 106 cm³/mol. The lowest BCUT2D eigenvalue weighted by Crippen LogP contribution is -2.40. The topological polar surface area (TPSA) is 79.9 Å². The lowest BCUT2D eigenvalue weighted by molar-refractivity contribution is 0.0730. The second-order valence-electron chi connectivity index (χ2n) is 5.59. The first-order valence-corrected chi connectivity index (χ1v) is 10.7. The summed E-state index contributed by atoms with van der Waals surface area (Å²) in [5, 5.41) is 6.64. The van der Waals surface area contributed by atoms with Crippen molar-refractivity contribution >= 4 is 44.6 Å². The van der Waals surface area contributed by atoms with Crippen molar-refractivity contribution in [2.24, 2.45) is 0 Å². The summed E-state index contributed by atoms with van der Waals surface area (Å²) in [5.74, 6) is 0. The van der Waals surface area contributed by atoms with Crippen LogP contribution in [0, 0.1) is 0 Å². The fourth-order valence-electron chi connectivity index (χ4n) is 2.40. The van der Waals surface area contributed by atoms with Crippen LogP contribution < -0.4 is 10.6 Å². The molecule has 10 heteroatoms. The van der Waals surface area contributed by atoms with E-state index in [-0.39, 0.29) is 9.92 Å². The molecule has 0 bridgehead atoms. The minimum Gasteiger partial charge on any atom is -0.382 e. The standard InChI is InChI=1S/C16H24ClN3O4S2/c1-2-23-9-3-6-18-16(25)19-13-4-5-14(17)15(12-13)26(21,22)20-7-10-24-11-8-20/h4-5,12H,2-3,6-11H2,1H3,(H2,18,19,25). The van der Waals surface area contributed by atoms with Gasteiger partial charge in [-0.15, -0.1) is 0 Å². The number of thiocarbonyl (C=S) groups is 1. The molecule has 146 valence electrons. The summed E-state index contributed by atoms with van der Waals surface area (Å²) in [6, 6.07) is 4.74. The molecule has 1 aromatic rings. The molecule has 0 radical (unpaired) electrons. The summed E-state index contributed by atoms with van der Waals surface area (Å²) < 4.78 is 37.5. The highest BCUT2D eigenvalue weighted by molar-refractivity contribution is 7.89. The average molecular weight is 422 g/mol. The number of sulfonamides is 1. The molecule has 0 saturated carbocycles. The van der Waals surface area contributed by atoms with E-state index in [1.807, 2.05) is 6.92 Å². The van der Waals surface area contributed by atoms with E-state index in [1.165, 1.54) is 10.4 Å². The number of morpholine rings is 1. The van der Waals surface area contributed by atoms with Crippen molar-refractivity contribution < 1.29 is 17.9 Å². The molecule has 2 N–H and O–H groups in total. The van der Waals surface area contributed by atoms with Gasteiger partial charge in [-0.05, 0) is 43.8 Å². The van der Waals surface area contributed by atoms with Crippen LogP contribution in [0.15, 0.2) is 23.1 Å². The maximum atomic E-state index is 12.8. The van der Waals surface area contributed by atoms with E-state index >= 15 is 0 Å². The molecule has 0 aliphatic carbocycles. The molecule has 1 aliphatic rings. The van der Waals surface area contributed by atoms with Crippen molar-refractivity contribution in [3.05, 3.63) is 23.2 Å². The Kier molecular flexibility index (Phi) is 8.52. The van der Waals surface area contributed by atoms with E-state index in [2.05, 4.69) is 10.6 Å². The molecule has 1 aromatic carbocycles. The molecule has 0 amide bonds.